The molecule has 1 aliphatic heterocycles. The molecular weight excluding hydrogens is 491 g/mol. The molecule has 11 nitrogen and oxygen atoms in total. The van der Waals surface area contributed by atoms with Crippen molar-refractivity contribution in [2.45, 2.75) is 17.3 Å². The van der Waals surface area contributed by atoms with Crippen LogP contribution in [0.25, 0.3) is 10.3 Å². The number of aromatic nitrogens is 3. The number of benzene rings is 1. The number of ether oxygens (including phenoxy) is 1. The van der Waals surface area contributed by atoms with Crippen LogP contribution in [0.3, 0.4) is 0 Å². The zero-order valence-electron chi connectivity index (χ0n) is 16.3. The summed E-state index contributed by atoms with van der Waals surface area (Å²) in [7, 11) is -4.34. The molecule has 3 heterocycles. The number of alkyl halides is 3. The van der Waals surface area contributed by atoms with Crippen LogP contribution in [0.15, 0.2) is 40.2 Å². The van der Waals surface area contributed by atoms with Crippen LogP contribution in [0.1, 0.15) is 0 Å². The van der Waals surface area contributed by atoms with Crippen LogP contribution < -0.4 is 15.3 Å². The van der Waals surface area contributed by atoms with Crippen LogP contribution in [-0.4, -0.2) is 70.8 Å². The van der Waals surface area contributed by atoms with Crippen molar-refractivity contribution in [3.8, 4) is 5.75 Å². The highest BCUT2D eigenvalue weighted by atomic mass is 32.2. The Bertz CT molecular complexity index is 1360. The number of anilines is 1. The highest BCUT2D eigenvalue weighted by Crippen LogP contribution is 2.31. The average molecular weight is 505 g/mol. The second-order valence-corrected chi connectivity index (χ2v) is 9.73. The summed E-state index contributed by atoms with van der Waals surface area (Å²) in [4.78, 5) is 34.8. The van der Waals surface area contributed by atoms with E-state index in [-0.39, 0.29) is 30.2 Å². The van der Waals surface area contributed by atoms with E-state index in [2.05, 4.69) is 19.7 Å². The summed E-state index contributed by atoms with van der Waals surface area (Å²) in [5.74, 6) is -2.01. The van der Waals surface area contributed by atoms with Crippen molar-refractivity contribution in [3.63, 3.8) is 0 Å². The first kappa shape index (κ1) is 22.9. The van der Waals surface area contributed by atoms with Gasteiger partial charge < -0.3 is 14.7 Å². The van der Waals surface area contributed by atoms with Crippen molar-refractivity contribution in [1.82, 2.24) is 19.3 Å². The summed E-state index contributed by atoms with van der Waals surface area (Å²) in [5.41, 5.74) is -0.316. The number of aromatic amines is 1. The average Bonchev–Trinajstić information content (AvgIpc) is 3.15. The summed E-state index contributed by atoms with van der Waals surface area (Å²) >= 11 is 1.15. The molecule has 1 aliphatic rings. The first-order valence-corrected chi connectivity index (χ1v) is 11.4. The molecule has 0 radical (unpaired) electrons. The number of nitrogens with zero attached hydrogens (tertiary/aromatic N) is 4. The Balaban J connectivity index is 1.58. The minimum Gasteiger partial charge on any atom is -0.480 e. The Hall–Kier alpha value is -3.24. The second kappa shape index (κ2) is 8.27. The quantitative estimate of drug-likeness (QED) is 0.523. The normalized spacial score (nSPS) is 17.9. The van der Waals surface area contributed by atoms with Gasteiger partial charge in [0.2, 0.25) is 10.0 Å². The Kier molecular flexibility index (Phi) is 5.75. The number of hydrogen-bond donors (Lipinski definition) is 2. The third kappa shape index (κ3) is 4.76. The number of carboxylic acids is 1. The van der Waals surface area contributed by atoms with E-state index in [1.54, 1.807) is 4.90 Å². The number of fused-ring (bicyclic) bond motifs is 1. The zero-order valence-corrected chi connectivity index (χ0v) is 17.9. The molecule has 0 amide bonds. The van der Waals surface area contributed by atoms with Gasteiger partial charge in [-0.15, -0.1) is 13.2 Å². The SMILES string of the molecule is O=C(O)[C@H]1CN(c2nc3[nH]c(=O)ncc3s2)CCN1S(=O)(=O)c1ccc(OC(F)(F)F)cc1. The van der Waals surface area contributed by atoms with Crippen molar-refractivity contribution in [3.05, 3.63) is 40.9 Å². The maximum absolute atomic E-state index is 13.0. The Morgan fingerprint density at radius 3 is 2.58 bits per heavy atom. The molecule has 2 aromatic heterocycles. The van der Waals surface area contributed by atoms with Gasteiger partial charge in [-0.2, -0.15) is 4.31 Å². The maximum Gasteiger partial charge on any atom is 0.573 e. The fourth-order valence-electron chi connectivity index (χ4n) is 3.26. The van der Waals surface area contributed by atoms with Crippen molar-refractivity contribution < 1.29 is 36.2 Å². The molecule has 1 aromatic carbocycles. The number of piperazine rings is 1. The molecule has 0 saturated carbocycles. The van der Waals surface area contributed by atoms with Gasteiger partial charge in [-0.1, -0.05) is 11.3 Å². The Labute approximate surface area is 187 Å². The summed E-state index contributed by atoms with van der Waals surface area (Å²) in [5, 5.41) is 10.1. The number of sulfonamides is 1. The van der Waals surface area contributed by atoms with Gasteiger partial charge in [-0.05, 0) is 24.3 Å². The highest BCUT2D eigenvalue weighted by Gasteiger charge is 2.41. The topological polar surface area (TPSA) is 146 Å². The number of nitrogens with one attached hydrogen (secondary N) is 1. The van der Waals surface area contributed by atoms with Crippen molar-refractivity contribution >= 4 is 42.8 Å². The largest absolute Gasteiger partial charge is 0.573 e. The number of H-pyrrole nitrogens is 1. The fourth-order valence-corrected chi connectivity index (χ4v) is 5.75. The number of rotatable bonds is 5. The van der Waals surface area contributed by atoms with Crippen LogP contribution in [0, 0.1) is 0 Å². The van der Waals surface area contributed by atoms with Gasteiger partial charge in [0.1, 0.15) is 11.8 Å². The van der Waals surface area contributed by atoms with Gasteiger partial charge in [0.05, 0.1) is 15.8 Å². The summed E-state index contributed by atoms with van der Waals surface area (Å²) in [6, 6.07) is 2.01. The van der Waals surface area contributed by atoms with E-state index in [0.29, 0.717) is 9.83 Å². The number of halogens is 3. The number of hydrogen-bond acceptors (Lipinski definition) is 9. The predicted molar refractivity (Wildman–Crippen MR) is 109 cm³/mol. The van der Waals surface area contributed by atoms with Gasteiger partial charge in [0, 0.05) is 19.6 Å². The molecule has 4 rings (SSSR count). The van der Waals surface area contributed by atoms with E-state index in [9.17, 15) is 36.3 Å². The van der Waals surface area contributed by atoms with Gasteiger partial charge in [-0.3, -0.25) is 9.78 Å². The lowest BCUT2D eigenvalue weighted by Crippen LogP contribution is -2.58. The van der Waals surface area contributed by atoms with Gasteiger partial charge >= 0.3 is 18.0 Å². The summed E-state index contributed by atoms with van der Waals surface area (Å²) in [6.07, 6.45) is -3.61. The predicted octanol–water partition coefficient (Wildman–Crippen LogP) is 1.24. The zero-order chi connectivity index (χ0) is 24.0. The van der Waals surface area contributed by atoms with E-state index in [4.69, 9.17) is 0 Å². The monoisotopic (exact) mass is 505 g/mol. The Morgan fingerprint density at radius 2 is 1.94 bits per heavy atom. The van der Waals surface area contributed by atoms with Crippen LogP contribution in [0.5, 0.6) is 5.75 Å². The van der Waals surface area contributed by atoms with Crippen LogP contribution >= 0.6 is 11.3 Å². The maximum atomic E-state index is 13.0. The molecular formula is C17H14F3N5O6S2. The lowest BCUT2D eigenvalue weighted by Gasteiger charge is -2.38. The van der Waals surface area contributed by atoms with Crippen molar-refractivity contribution in [1.29, 1.82) is 0 Å². The highest BCUT2D eigenvalue weighted by molar-refractivity contribution is 7.89. The molecule has 0 bridgehead atoms. The van der Waals surface area contributed by atoms with E-state index in [1.165, 1.54) is 6.20 Å². The molecule has 1 saturated heterocycles. The molecule has 176 valence electrons. The molecule has 0 aliphatic carbocycles. The molecule has 0 spiro atoms. The Morgan fingerprint density at radius 1 is 1.24 bits per heavy atom. The first-order chi connectivity index (χ1) is 15.4. The lowest BCUT2D eigenvalue weighted by atomic mass is 10.2. The molecule has 0 unspecified atom stereocenters. The van der Waals surface area contributed by atoms with Gasteiger partial charge in [0.25, 0.3) is 0 Å². The summed E-state index contributed by atoms with van der Waals surface area (Å²) in [6.45, 7) is -0.359. The third-order valence-corrected chi connectivity index (χ3v) is 7.69. The molecule has 2 N–H and O–H groups in total. The van der Waals surface area contributed by atoms with Crippen LogP contribution in [-0.2, 0) is 14.8 Å². The van der Waals surface area contributed by atoms with E-state index in [1.807, 2.05) is 0 Å². The minimum absolute atomic E-state index is 0.0930. The van der Waals surface area contributed by atoms with Gasteiger partial charge in [0.15, 0.2) is 10.8 Å². The number of aliphatic carboxylic acids is 1. The van der Waals surface area contributed by atoms with Crippen LogP contribution in [0.2, 0.25) is 0 Å². The van der Waals surface area contributed by atoms with Crippen molar-refractivity contribution in [2.24, 2.45) is 0 Å². The standard InChI is InChI=1S/C17H14F3N5O6S2/c18-17(19,20)31-9-1-3-10(4-2-9)33(29,30)25-6-5-24(8-11(25)14(26)27)16-23-13-12(32-16)7-21-15(28)22-13/h1-4,7,11H,5-6,8H2,(H,26,27)(H,21,22,28)/t11-/m1/s1. The molecule has 16 heteroatoms. The van der Waals surface area contributed by atoms with E-state index >= 15 is 0 Å². The summed E-state index contributed by atoms with van der Waals surface area (Å²) < 4.78 is 68.1. The number of thiazole rings is 1. The molecule has 33 heavy (non-hydrogen) atoms. The second-order valence-electron chi connectivity index (χ2n) is 6.83. The van der Waals surface area contributed by atoms with Crippen molar-refractivity contribution in [2.75, 3.05) is 24.5 Å². The third-order valence-electron chi connectivity index (χ3n) is 4.72. The number of carbonyl (C=O) groups is 1. The first-order valence-electron chi connectivity index (χ1n) is 9.15. The lowest BCUT2D eigenvalue weighted by molar-refractivity contribution is -0.274. The van der Waals surface area contributed by atoms with Crippen LogP contribution in [0.4, 0.5) is 18.3 Å². The van der Waals surface area contributed by atoms with Gasteiger partial charge in [-0.25, -0.2) is 23.2 Å². The minimum atomic E-state index is -4.94. The molecule has 1 fully saturated rings. The fraction of sp³-hybridized carbons (Fsp3) is 0.294. The number of carboxylic acid groups (broad SMARTS) is 1. The smallest absolute Gasteiger partial charge is 0.480 e. The molecule has 3 aromatic rings. The van der Waals surface area contributed by atoms with E-state index < -0.39 is 39.8 Å². The molecule has 1 atom stereocenters. The van der Waals surface area contributed by atoms with E-state index in [0.717, 1.165) is 39.9 Å².